The molecule has 17 heavy (non-hydrogen) atoms. The lowest BCUT2D eigenvalue weighted by Gasteiger charge is -2.25. The number of hydrogen-bond acceptors (Lipinski definition) is 4. The predicted octanol–water partition coefficient (Wildman–Crippen LogP) is 1.17. The molecule has 1 rings (SSSR count). The zero-order valence-corrected chi connectivity index (χ0v) is 10.5. The number of rotatable bonds is 6. The Balaban J connectivity index is 2.76. The van der Waals surface area contributed by atoms with E-state index in [1.165, 1.54) is 0 Å². The molecule has 0 radical (unpaired) electrons. The normalized spacial score (nSPS) is 11.2. The SMILES string of the molecule is NP(N)(=O)N(SNCC(=O)F)c1ccccc1. The first-order chi connectivity index (χ1) is 7.91. The maximum Gasteiger partial charge on any atom is 0.316 e. The van der Waals surface area contributed by atoms with Gasteiger partial charge in [-0.2, -0.15) is 4.39 Å². The van der Waals surface area contributed by atoms with Gasteiger partial charge < -0.3 is 0 Å². The minimum Gasteiger partial charge on any atom is -0.263 e. The number of benzene rings is 1. The number of carbonyl (C=O) groups excluding carboxylic acids is 1. The minimum atomic E-state index is -3.56. The van der Waals surface area contributed by atoms with E-state index in [9.17, 15) is 13.8 Å². The highest BCUT2D eigenvalue weighted by atomic mass is 32.2. The van der Waals surface area contributed by atoms with Crippen molar-refractivity contribution >= 4 is 31.5 Å². The summed E-state index contributed by atoms with van der Waals surface area (Å²) >= 11 is 0.719. The predicted molar refractivity (Wildman–Crippen MR) is 66.6 cm³/mol. The van der Waals surface area contributed by atoms with E-state index in [1.807, 2.05) is 0 Å². The van der Waals surface area contributed by atoms with Crippen LogP contribution in [0.1, 0.15) is 0 Å². The molecule has 5 N–H and O–H groups in total. The lowest BCUT2D eigenvalue weighted by Crippen LogP contribution is -2.27. The fraction of sp³-hybridized carbons (Fsp3) is 0.125. The van der Waals surface area contributed by atoms with Gasteiger partial charge in [0, 0.05) is 12.1 Å². The van der Waals surface area contributed by atoms with Crippen LogP contribution in [0.5, 0.6) is 0 Å². The number of hydrogen-bond donors (Lipinski definition) is 3. The summed E-state index contributed by atoms with van der Waals surface area (Å²) in [5, 5.41) is 0. The van der Waals surface area contributed by atoms with Crippen molar-refractivity contribution in [3.8, 4) is 0 Å². The van der Waals surface area contributed by atoms with Crippen LogP contribution in [-0.4, -0.2) is 12.6 Å². The van der Waals surface area contributed by atoms with Crippen molar-refractivity contribution in [2.75, 3.05) is 10.6 Å². The standard InChI is InChI=1S/C8H12FN4O2PS/c9-8(14)6-12-17-13(16(10,11)15)7-4-2-1-3-5-7/h1-5,12H,6H2,(H4,10,11,15). The molecule has 0 fully saturated rings. The Morgan fingerprint density at radius 3 is 2.47 bits per heavy atom. The van der Waals surface area contributed by atoms with Gasteiger partial charge >= 0.3 is 13.6 Å². The second-order valence-corrected chi connectivity index (χ2v) is 5.90. The van der Waals surface area contributed by atoms with Gasteiger partial charge in [0.1, 0.15) is 0 Å². The molecule has 0 saturated carbocycles. The van der Waals surface area contributed by atoms with Gasteiger partial charge in [-0.3, -0.25) is 20.4 Å². The minimum absolute atomic E-state index is 0.490. The molecule has 94 valence electrons. The van der Waals surface area contributed by atoms with Crippen molar-refractivity contribution in [1.29, 1.82) is 0 Å². The first-order valence-electron chi connectivity index (χ1n) is 4.52. The molecule has 0 unspecified atom stereocenters. The average molecular weight is 278 g/mol. The van der Waals surface area contributed by atoms with Crippen molar-refractivity contribution in [3.05, 3.63) is 30.3 Å². The highest BCUT2D eigenvalue weighted by Gasteiger charge is 2.22. The molecule has 1 aromatic carbocycles. The summed E-state index contributed by atoms with van der Waals surface area (Å²) < 4.78 is 27.1. The molecule has 9 heteroatoms. The molecule has 0 aliphatic rings. The smallest absolute Gasteiger partial charge is 0.263 e. The number of nitrogens with zero attached hydrogens (tertiary/aromatic N) is 1. The summed E-state index contributed by atoms with van der Waals surface area (Å²) in [5.74, 6) is 0. The second-order valence-electron chi connectivity index (χ2n) is 3.05. The van der Waals surface area contributed by atoms with Gasteiger partial charge in [0.05, 0.1) is 12.2 Å². The summed E-state index contributed by atoms with van der Waals surface area (Å²) in [6.07, 6.45) is 0. The highest BCUT2D eigenvalue weighted by molar-refractivity contribution is 8.05. The van der Waals surface area contributed by atoms with Crippen LogP contribution in [0.4, 0.5) is 10.1 Å². The molecule has 0 spiro atoms. The van der Waals surface area contributed by atoms with Crippen molar-refractivity contribution in [3.63, 3.8) is 0 Å². The Hall–Kier alpha value is -0.920. The maximum absolute atomic E-state index is 12.0. The quantitative estimate of drug-likeness (QED) is 0.408. The fourth-order valence-corrected chi connectivity index (χ4v) is 2.71. The summed E-state index contributed by atoms with van der Waals surface area (Å²) in [4.78, 5) is 10.1. The number of anilines is 1. The van der Waals surface area contributed by atoms with Crippen LogP contribution in [0.15, 0.2) is 30.3 Å². The lowest BCUT2D eigenvalue weighted by molar-refractivity contribution is -0.127. The van der Waals surface area contributed by atoms with Crippen LogP contribution in [0, 0.1) is 0 Å². The van der Waals surface area contributed by atoms with Gasteiger partial charge in [0.2, 0.25) is 0 Å². The number of nitrogens with two attached hydrogens (primary N) is 2. The molecule has 0 aromatic heterocycles. The Bertz CT molecular complexity index is 427. The molecule has 1 aromatic rings. The van der Waals surface area contributed by atoms with E-state index < -0.39 is 20.2 Å². The number of nitrogens with one attached hydrogen (secondary N) is 1. The van der Waals surface area contributed by atoms with Crippen molar-refractivity contribution in [2.24, 2.45) is 11.0 Å². The maximum atomic E-state index is 12.0. The topological polar surface area (TPSA) is 101 Å². The van der Waals surface area contributed by atoms with Crippen LogP contribution < -0.4 is 19.8 Å². The Kier molecular flexibility index (Phi) is 5.10. The van der Waals surface area contributed by atoms with Gasteiger partial charge in [0.15, 0.2) is 0 Å². The molecule has 6 nitrogen and oxygen atoms in total. The molecule has 0 amide bonds. The molecular weight excluding hydrogens is 266 g/mol. The van der Waals surface area contributed by atoms with E-state index in [1.54, 1.807) is 30.3 Å². The van der Waals surface area contributed by atoms with E-state index in [2.05, 4.69) is 4.72 Å². The highest BCUT2D eigenvalue weighted by Crippen LogP contribution is 2.41. The molecule has 0 saturated heterocycles. The second kappa shape index (κ2) is 6.13. The Morgan fingerprint density at radius 1 is 1.41 bits per heavy atom. The van der Waals surface area contributed by atoms with Gasteiger partial charge in [-0.1, -0.05) is 18.2 Å². The molecule has 0 bridgehead atoms. The van der Waals surface area contributed by atoms with E-state index in [4.69, 9.17) is 11.0 Å². The van der Waals surface area contributed by atoms with Crippen LogP contribution >= 0.6 is 19.7 Å². The van der Waals surface area contributed by atoms with Gasteiger partial charge in [0.25, 0.3) is 0 Å². The van der Waals surface area contributed by atoms with E-state index in [0.29, 0.717) is 5.69 Å². The summed E-state index contributed by atoms with van der Waals surface area (Å²) in [5.41, 5.74) is 11.2. The molecule has 0 heterocycles. The zero-order chi connectivity index (χ0) is 12.9. The summed E-state index contributed by atoms with van der Waals surface area (Å²) in [6, 6.07) is 6.92. The molecule has 0 atom stereocenters. The summed E-state index contributed by atoms with van der Waals surface area (Å²) in [7, 11) is -3.56. The van der Waals surface area contributed by atoms with Gasteiger partial charge in [-0.05, 0) is 12.1 Å². The van der Waals surface area contributed by atoms with Gasteiger partial charge in [-0.25, -0.2) is 8.80 Å². The van der Waals surface area contributed by atoms with E-state index >= 15 is 0 Å². The third kappa shape index (κ3) is 4.84. The fourth-order valence-electron chi connectivity index (χ4n) is 1.00. The van der Waals surface area contributed by atoms with Crippen molar-refractivity contribution in [2.45, 2.75) is 0 Å². The monoisotopic (exact) mass is 278 g/mol. The van der Waals surface area contributed by atoms with Crippen LogP contribution in [0.2, 0.25) is 0 Å². The van der Waals surface area contributed by atoms with Crippen LogP contribution in [0.3, 0.4) is 0 Å². The van der Waals surface area contributed by atoms with Crippen LogP contribution in [0.25, 0.3) is 0 Å². The first-order valence-corrected chi connectivity index (χ1v) is 7.09. The number of carbonyl (C=O) groups is 1. The third-order valence-corrected chi connectivity index (χ3v) is 4.09. The average Bonchev–Trinajstić information content (AvgIpc) is 2.23. The number of para-hydroxylation sites is 1. The third-order valence-electron chi connectivity index (χ3n) is 1.62. The first kappa shape index (κ1) is 14.1. The van der Waals surface area contributed by atoms with Crippen molar-refractivity contribution < 1.29 is 13.8 Å². The Morgan fingerprint density at radius 2 is 2.00 bits per heavy atom. The largest absolute Gasteiger partial charge is 0.316 e. The lowest BCUT2D eigenvalue weighted by atomic mass is 10.3. The zero-order valence-electron chi connectivity index (χ0n) is 8.75. The van der Waals surface area contributed by atoms with E-state index in [-0.39, 0.29) is 0 Å². The van der Waals surface area contributed by atoms with Crippen LogP contribution in [-0.2, 0) is 9.36 Å². The molecule has 0 aliphatic carbocycles. The van der Waals surface area contributed by atoms with Crippen molar-refractivity contribution in [1.82, 2.24) is 4.72 Å². The molecule has 0 aliphatic heterocycles. The van der Waals surface area contributed by atoms with Gasteiger partial charge in [-0.15, -0.1) is 0 Å². The summed E-state index contributed by atoms with van der Waals surface area (Å²) in [6.45, 7) is -0.520. The molecular formula is C8H12FN4O2PS. The number of halogens is 1. The van der Waals surface area contributed by atoms with E-state index in [0.717, 1.165) is 16.2 Å². The Labute approximate surface area is 102 Å².